The lowest BCUT2D eigenvalue weighted by Crippen LogP contribution is -2.13. The van der Waals surface area contributed by atoms with Gasteiger partial charge in [0.2, 0.25) is 0 Å². The standard InChI is InChI=1S/C14H12N2O3/c1-10-4-5-11(3-2-7-17)13(9-10)15-14(18)12-6-8-19-16-12/h4-6,8-9,17H,7H2,1H3,(H,15,18). The Bertz CT molecular complexity index is 636. The number of hydrogen-bond donors (Lipinski definition) is 2. The van der Waals surface area contributed by atoms with Gasteiger partial charge in [-0.15, -0.1) is 0 Å². The van der Waals surface area contributed by atoms with Crippen LogP contribution in [0.5, 0.6) is 0 Å². The lowest BCUT2D eigenvalue weighted by atomic mass is 10.1. The van der Waals surface area contributed by atoms with Crippen LogP contribution in [0, 0.1) is 18.8 Å². The number of benzene rings is 1. The molecule has 0 aliphatic rings. The number of aryl methyl sites for hydroxylation is 1. The molecular weight excluding hydrogens is 244 g/mol. The molecule has 5 heteroatoms. The number of aliphatic hydroxyl groups excluding tert-OH is 1. The maximum absolute atomic E-state index is 11.9. The smallest absolute Gasteiger partial charge is 0.277 e. The lowest BCUT2D eigenvalue weighted by Gasteiger charge is -2.07. The highest BCUT2D eigenvalue weighted by atomic mass is 16.5. The van der Waals surface area contributed by atoms with Crippen molar-refractivity contribution in [2.24, 2.45) is 0 Å². The summed E-state index contributed by atoms with van der Waals surface area (Å²) in [7, 11) is 0. The van der Waals surface area contributed by atoms with Crippen molar-refractivity contribution in [3.05, 3.63) is 47.3 Å². The van der Waals surface area contributed by atoms with E-state index in [4.69, 9.17) is 5.11 Å². The molecule has 5 nitrogen and oxygen atoms in total. The van der Waals surface area contributed by atoms with Crippen LogP contribution in [0.2, 0.25) is 0 Å². The zero-order valence-electron chi connectivity index (χ0n) is 10.3. The topological polar surface area (TPSA) is 75.4 Å². The van der Waals surface area contributed by atoms with Gasteiger partial charge in [-0.25, -0.2) is 0 Å². The highest BCUT2D eigenvalue weighted by molar-refractivity contribution is 6.03. The van der Waals surface area contributed by atoms with Gasteiger partial charge in [0.25, 0.3) is 5.91 Å². The third kappa shape index (κ3) is 3.21. The van der Waals surface area contributed by atoms with E-state index in [9.17, 15) is 4.79 Å². The quantitative estimate of drug-likeness (QED) is 0.800. The summed E-state index contributed by atoms with van der Waals surface area (Å²) in [6.45, 7) is 1.68. The van der Waals surface area contributed by atoms with Crippen LogP contribution in [0.3, 0.4) is 0 Å². The van der Waals surface area contributed by atoms with Gasteiger partial charge in [-0.05, 0) is 24.6 Å². The fraction of sp³-hybridized carbons (Fsp3) is 0.143. The number of hydrogen-bond acceptors (Lipinski definition) is 4. The summed E-state index contributed by atoms with van der Waals surface area (Å²) in [5.74, 6) is 4.97. The molecule has 0 saturated heterocycles. The average molecular weight is 256 g/mol. The largest absolute Gasteiger partial charge is 0.384 e. The van der Waals surface area contributed by atoms with E-state index < -0.39 is 0 Å². The van der Waals surface area contributed by atoms with Crippen molar-refractivity contribution >= 4 is 11.6 Å². The summed E-state index contributed by atoms with van der Waals surface area (Å²) in [4.78, 5) is 11.9. The van der Waals surface area contributed by atoms with Crippen LogP contribution in [0.25, 0.3) is 0 Å². The van der Waals surface area contributed by atoms with Crippen LogP contribution in [0.4, 0.5) is 5.69 Å². The molecule has 0 aliphatic heterocycles. The molecule has 1 heterocycles. The molecule has 19 heavy (non-hydrogen) atoms. The van der Waals surface area contributed by atoms with Gasteiger partial charge in [0, 0.05) is 11.6 Å². The first kappa shape index (κ1) is 12.9. The number of carbonyl (C=O) groups excluding carboxylic acids is 1. The van der Waals surface area contributed by atoms with Crippen molar-refractivity contribution in [3.63, 3.8) is 0 Å². The Balaban J connectivity index is 2.28. The number of anilines is 1. The molecule has 2 aromatic rings. The molecule has 0 spiro atoms. The molecule has 0 fully saturated rings. The second kappa shape index (κ2) is 5.85. The number of carbonyl (C=O) groups is 1. The van der Waals surface area contributed by atoms with Crippen molar-refractivity contribution in [1.29, 1.82) is 0 Å². The molecule has 2 N–H and O–H groups in total. The number of nitrogens with one attached hydrogen (secondary N) is 1. The summed E-state index contributed by atoms with van der Waals surface area (Å²) < 4.78 is 4.62. The van der Waals surface area contributed by atoms with Crippen LogP contribution in [0.1, 0.15) is 21.6 Å². The number of rotatable bonds is 2. The molecule has 0 radical (unpaired) electrons. The van der Waals surface area contributed by atoms with Gasteiger partial charge in [-0.3, -0.25) is 4.79 Å². The van der Waals surface area contributed by atoms with Gasteiger partial charge in [0.15, 0.2) is 5.69 Å². The average Bonchev–Trinajstić information content (AvgIpc) is 2.92. The fourth-order valence-corrected chi connectivity index (χ4v) is 1.52. The predicted molar refractivity (Wildman–Crippen MR) is 69.6 cm³/mol. The van der Waals surface area contributed by atoms with Gasteiger partial charge in [0.1, 0.15) is 12.9 Å². The van der Waals surface area contributed by atoms with Gasteiger partial charge < -0.3 is 14.9 Å². The first-order valence-corrected chi connectivity index (χ1v) is 5.63. The first-order chi connectivity index (χ1) is 9.20. The van der Waals surface area contributed by atoms with Gasteiger partial charge in [0.05, 0.1) is 5.69 Å². The third-order valence-electron chi connectivity index (χ3n) is 2.40. The summed E-state index contributed by atoms with van der Waals surface area (Å²) in [5.41, 5.74) is 2.40. The van der Waals surface area contributed by atoms with Crippen molar-refractivity contribution < 1.29 is 14.4 Å². The monoisotopic (exact) mass is 256 g/mol. The molecule has 0 saturated carbocycles. The maximum atomic E-state index is 11.9. The highest BCUT2D eigenvalue weighted by Gasteiger charge is 2.11. The lowest BCUT2D eigenvalue weighted by molar-refractivity contribution is 0.101. The Morgan fingerprint density at radius 1 is 1.47 bits per heavy atom. The van der Waals surface area contributed by atoms with E-state index in [0.717, 1.165) is 5.56 Å². The summed E-state index contributed by atoms with van der Waals surface area (Å²) in [5, 5.41) is 15.0. The van der Waals surface area contributed by atoms with Crippen LogP contribution in [0.15, 0.2) is 35.1 Å². The van der Waals surface area contributed by atoms with E-state index in [0.29, 0.717) is 11.3 Å². The Morgan fingerprint density at radius 2 is 2.32 bits per heavy atom. The van der Waals surface area contributed by atoms with Crippen molar-refractivity contribution in [3.8, 4) is 11.8 Å². The predicted octanol–water partition coefficient (Wildman–Crippen LogP) is 1.58. The zero-order chi connectivity index (χ0) is 13.7. The highest BCUT2D eigenvalue weighted by Crippen LogP contribution is 2.17. The normalized spacial score (nSPS) is 9.58. The molecule has 0 bridgehead atoms. The molecule has 0 unspecified atom stereocenters. The Labute approximate surface area is 110 Å². The van der Waals surface area contributed by atoms with Crippen LogP contribution < -0.4 is 5.32 Å². The maximum Gasteiger partial charge on any atom is 0.277 e. The van der Waals surface area contributed by atoms with E-state index in [1.165, 1.54) is 12.3 Å². The summed E-state index contributed by atoms with van der Waals surface area (Å²) >= 11 is 0. The number of nitrogens with zero attached hydrogens (tertiary/aromatic N) is 1. The summed E-state index contributed by atoms with van der Waals surface area (Å²) in [6, 6.07) is 6.95. The molecular formula is C14H12N2O3. The van der Waals surface area contributed by atoms with E-state index in [2.05, 4.69) is 26.8 Å². The van der Waals surface area contributed by atoms with Crippen LogP contribution >= 0.6 is 0 Å². The number of amides is 1. The van der Waals surface area contributed by atoms with E-state index in [1.54, 1.807) is 12.1 Å². The van der Waals surface area contributed by atoms with Gasteiger partial charge >= 0.3 is 0 Å². The van der Waals surface area contributed by atoms with E-state index in [1.807, 2.05) is 13.0 Å². The zero-order valence-corrected chi connectivity index (χ0v) is 10.3. The molecule has 1 amide bonds. The van der Waals surface area contributed by atoms with E-state index in [-0.39, 0.29) is 18.2 Å². The molecule has 1 aromatic carbocycles. The number of aliphatic hydroxyl groups is 1. The summed E-state index contributed by atoms with van der Waals surface area (Å²) in [6.07, 6.45) is 1.33. The van der Waals surface area contributed by atoms with Crippen LogP contribution in [-0.2, 0) is 0 Å². The Morgan fingerprint density at radius 3 is 3.00 bits per heavy atom. The van der Waals surface area contributed by atoms with Gasteiger partial charge in [-0.2, -0.15) is 0 Å². The van der Waals surface area contributed by atoms with Crippen molar-refractivity contribution in [1.82, 2.24) is 5.16 Å². The second-order valence-corrected chi connectivity index (χ2v) is 3.85. The minimum atomic E-state index is -0.369. The molecule has 1 aromatic heterocycles. The second-order valence-electron chi connectivity index (χ2n) is 3.85. The minimum absolute atomic E-state index is 0.197. The molecule has 0 atom stereocenters. The first-order valence-electron chi connectivity index (χ1n) is 5.63. The van der Waals surface area contributed by atoms with Crippen LogP contribution in [-0.4, -0.2) is 22.8 Å². The van der Waals surface area contributed by atoms with Crippen molar-refractivity contribution in [2.45, 2.75) is 6.92 Å². The Hall–Kier alpha value is -2.58. The molecule has 0 aliphatic carbocycles. The van der Waals surface area contributed by atoms with Gasteiger partial charge in [-0.1, -0.05) is 23.1 Å². The minimum Gasteiger partial charge on any atom is -0.384 e. The molecule has 96 valence electrons. The molecule has 2 rings (SSSR count). The SMILES string of the molecule is Cc1ccc(C#CCO)c(NC(=O)c2ccon2)c1. The fourth-order valence-electron chi connectivity index (χ4n) is 1.52. The Kier molecular flexibility index (Phi) is 3.96. The van der Waals surface area contributed by atoms with Crippen molar-refractivity contribution in [2.75, 3.05) is 11.9 Å². The van der Waals surface area contributed by atoms with E-state index >= 15 is 0 Å². The third-order valence-corrected chi connectivity index (χ3v) is 2.40. The number of aromatic nitrogens is 1.